The molecule has 41 heavy (non-hydrogen) atoms. The van der Waals surface area contributed by atoms with Gasteiger partial charge in [0.05, 0.1) is 0 Å². The van der Waals surface area contributed by atoms with E-state index in [1.807, 2.05) is 43.9 Å². The van der Waals surface area contributed by atoms with Crippen LogP contribution in [-0.4, -0.2) is 47.3 Å². The number of furan rings is 1. The minimum atomic E-state index is -0.385. The summed E-state index contributed by atoms with van der Waals surface area (Å²) in [5.41, 5.74) is 5.24. The van der Waals surface area contributed by atoms with E-state index in [9.17, 15) is 14.4 Å². The van der Waals surface area contributed by atoms with Gasteiger partial charge in [0.25, 0.3) is 0 Å². The van der Waals surface area contributed by atoms with Crippen molar-refractivity contribution in [3.05, 3.63) is 69.3 Å². The number of amides is 2. The van der Waals surface area contributed by atoms with Crippen LogP contribution in [0.5, 0.6) is 0 Å². The first-order chi connectivity index (χ1) is 19.8. The van der Waals surface area contributed by atoms with E-state index in [-0.39, 0.29) is 29.9 Å². The highest BCUT2D eigenvalue weighted by Crippen LogP contribution is 2.40. The molecule has 2 amide bonds. The van der Waals surface area contributed by atoms with Gasteiger partial charge in [-0.15, -0.1) is 0 Å². The summed E-state index contributed by atoms with van der Waals surface area (Å²) in [5.74, 6) is 1.88. The molecule has 3 fully saturated rings. The third-order valence-corrected chi connectivity index (χ3v) is 9.82. The molecule has 0 spiro atoms. The molecule has 0 saturated carbocycles. The van der Waals surface area contributed by atoms with E-state index in [1.165, 1.54) is 0 Å². The maximum absolute atomic E-state index is 13.4. The number of hydrogen-bond acceptors (Lipinski definition) is 5. The number of rotatable bonds is 4. The van der Waals surface area contributed by atoms with Gasteiger partial charge in [0.2, 0.25) is 11.8 Å². The van der Waals surface area contributed by atoms with E-state index >= 15 is 0 Å². The summed E-state index contributed by atoms with van der Waals surface area (Å²) >= 11 is 0. The topological polar surface area (TPSA) is 84.0 Å². The summed E-state index contributed by atoms with van der Waals surface area (Å²) in [6, 6.07) is 12.5. The smallest absolute Gasteiger partial charge is 0.339 e. The molecule has 2 aromatic heterocycles. The highest BCUT2D eigenvalue weighted by Gasteiger charge is 2.44. The first kappa shape index (κ1) is 26.1. The number of carbonyl (C=O) groups excluding carboxylic acids is 2. The van der Waals surface area contributed by atoms with Crippen LogP contribution in [0.25, 0.3) is 33.1 Å². The number of aryl methyl sites for hydroxylation is 3. The highest BCUT2D eigenvalue weighted by atomic mass is 16.4. The molecule has 1 unspecified atom stereocenters. The Kier molecular flexibility index (Phi) is 6.29. The molecule has 7 rings (SSSR count). The molecular weight excluding hydrogens is 516 g/mol. The van der Waals surface area contributed by atoms with Crippen molar-refractivity contribution in [3.63, 3.8) is 0 Å². The van der Waals surface area contributed by atoms with E-state index in [2.05, 4.69) is 23.1 Å². The van der Waals surface area contributed by atoms with Crippen LogP contribution in [0.15, 0.2) is 50.0 Å². The molecule has 5 heterocycles. The van der Waals surface area contributed by atoms with Crippen LogP contribution in [-0.2, 0) is 16.0 Å². The largest absolute Gasteiger partial charge is 0.460 e. The SMILES string of the molecule is Cc1oc2c(C)c3oc(=O)c(CCC(=O)N4C[C@H]5C[C@@H](C4)C4CCCC(=O)N4C5)c(C)c3cc2c1-c1ccccc1. The van der Waals surface area contributed by atoms with Gasteiger partial charge in [0.1, 0.15) is 16.9 Å². The Morgan fingerprint density at radius 3 is 2.54 bits per heavy atom. The Morgan fingerprint density at radius 1 is 0.951 bits per heavy atom. The second-order valence-corrected chi connectivity index (χ2v) is 12.3. The van der Waals surface area contributed by atoms with Gasteiger partial charge in [-0.05, 0) is 75.5 Å². The molecule has 2 aromatic carbocycles. The molecule has 4 aromatic rings. The third-order valence-electron chi connectivity index (χ3n) is 9.82. The van der Waals surface area contributed by atoms with Crippen molar-refractivity contribution in [2.75, 3.05) is 19.6 Å². The lowest BCUT2D eigenvalue weighted by molar-refractivity contribution is -0.148. The lowest BCUT2D eigenvalue weighted by Gasteiger charge is -2.52. The Morgan fingerprint density at radius 2 is 1.73 bits per heavy atom. The van der Waals surface area contributed by atoms with Crippen molar-refractivity contribution in [1.29, 1.82) is 0 Å². The van der Waals surface area contributed by atoms with Gasteiger partial charge in [0.15, 0.2) is 0 Å². The summed E-state index contributed by atoms with van der Waals surface area (Å²) in [7, 11) is 0. The fourth-order valence-electron chi connectivity index (χ4n) is 7.83. The molecule has 7 heteroatoms. The lowest BCUT2D eigenvalue weighted by atomic mass is 9.76. The quantitative estimate of drug-likeness (QED) is 0.293. The number of benzene rings is 2. The summed E-state index contributed by atoms with van der Waals surface area (Å²) in [6.07, 6.45) is 4.35. The minimum Gasteiger partial charge on any atom is -0.460 e. The predicted octanol–water partition coefficient (Wildman–Crippen LogP) is 5.92. The van der Waals surface area contributed by atoms with Gasteiger partial charge in [-0.25, -0.2) is 4.79 Å². The molecule has 0 aliphatic carbocycles. The fourth-order valence-corrected chi connectivity index (χ4v) is 7.83. The Bertz CT molecular complexity index is 1750. The molecule has 3 atom stereocenters. The van der Waals surface area contributed by atoms with Gasteiger partial charge >= 0.3 is 5.63 Å². The predicted molar refractivity (Wildman–Crippen MR) is 158 cm³/mol. The number of hydrogen-bond donors (Lipinski definition) is 0. The van der Waals surface area contributed by atoms with Crippen LogP contribution >= 0.6 is 0 Å². The summed E-state index contributed by atoms with van der Waals surface area (Å²) in [4.78, 5) is 43.2. The standard InChI is InChI=1S/C34H36N2O5/c1-19-25(12-13-29(37)35-16-22-14-24(18-35)28-10-7-11-30(38)36(28)17-22)34(39)41-32-20(2)33-27(15-26(19)32)31(21(3)40-33)23-8-5-4-6-9-23/h4-6,8-9,15,22,24,28H,7,10-14,16-18H2,1-3H3/t22-,24+,28?/m1/s1. The normalized spacial score (nSPS) is 22.4. The molecule has 3 aliphatic heterocycles. The van der Waals surface area contributed by atoms with E-state index in [4.69, 9.17) is 8.83 Å². The van der Waals surface area contributed by atoms with Crippen molar-refractivity contribution in [1.82, 2.24) is 9.80 Å². The molecule has 0 radical (unpaired) electrons. The summed E-state index contributed by atoms with van der Waals surface area (Å²) in [6.45, 7) is 8.01. The molecule has 2 bridgehead atoms. The average molecular weight is 553 g/mol. The molecule has 212 valence electrons. The Hall–Kier alpha value is -3.87. The number of fused-ring (bicyclic) bond motifs is 6. The number of piperidine rings is 3. The van der Waals surface area contributed by atoms with Crippen LogP contribution in [0.2, 0.25) is 0 Å². The molecular formula is C34H36N2O5. The van der Waals surface area contributed by atoms with Crippen molar-refractivity contribution in [2.45, 2.75) is 65.3 Å². The second-order valence-electron chi connectivity index (χ2n) is 12.3. The van der Waals surface area contributed by atoms with Crippen molar-refractivity contribution >= 4 is 33.8 Å². The van der Waals surface area contributed by atoms with Crippen molar-refractivity contribution < 1.29 is 18.4 Å². The Balaban J connectivity index is 1.17. The van der Waals surface area contributed by atoms with E-state index in [1.54, 1.807) is 0 Å². The summed E-state index contributed by atoms with van der Waals surface area (Å²) < 4.78 is 12.1. The Labute approximate surface area is 239 Å². The zero-order valence-electron chi connectivity index (χ0n) is 24.0. The van der Waals surface area contributed by atoms with Crippen LogP contribution in [0.4, 0.5) is 0 Å². The van der Waals surface area contributed by atoms with Gasteiger partial charge in [-0.1, -0.05) is 30.3 Å². The number of nitrogens with zero attached hydrogens (tertiary/aromatic N) is 2. The lowest BCUT2D eigenvalue weighted by Crippen LogP contribution is -2.61. The number of likely N-dealkylation sites (tertiary alicyclic amines) is 1. The van der Waals surface area contributed by atoms with E-state index in [0.717, 1.165) is 70.2 Å². The first-order valence-corrected chi connectivity index (χ1v) is 14.9. The highest BCUT2D eigenvalue weighted by molar-refractivity contribution is 6.05. The molecule has 3 saturated heterocycles. The first-order valence-electron chi connectivity index (χ1n) is 14.9. The van der Waals surface area contributed by atoms with Crippen LogP contribution < -0.4 is 5.63 Å². The number of carbonyl (C=O) groups is 2. The van der Waals surface area contributed by atoms with Gasteiger partial charge in [-0.2, -0.15) is 0 Å². The van der Waals surface area contributed by atoms with Crippen LogP contribution in [0.1, 0.15) is 54.6 Å². The molecule has 0 N–H and O–H groups in total. The van der Waals surface area contributed by atoms with Gasteiger partial charge < -0.3 is 18.6 Å². The second kappa shape index (κ2) is 9.89. The van der Waals surface area contributed by atoms with Crippen LogP contribution in [0.3, 0.4) is 0 Å². The minimum absolute atomic E-state index is 0.0811. The molecule has 3 aliphatic rings. The third kappa shape index (κ3) is 4.28. The maximum atomic E-state index is 13.4. The average Bonchev–Trinajstić information content (AvgIpc) is 3.30. The zero-order valence-corrected chi connectivity index (χ0v) is 24.0. The van der Waals surface area contributed by atoms with Gasteiger partial charge in [0, 0.05) is 66.0 Å². The van der Waals surface area contributed by atoms with Crippen molar-refractivity contribution in [3.8, 4) is 11.1 Å². The maximum Gasteiger partial charge on any atom is 0.339 e. The van der Waals surface area contributed by atoms with Crippen LogP contribution in [0, 0.1) is 32.6 Å². The van der Waals surface area contributed by atoms with Crippen molar-refractivity contribution in [2.24, 2.45) is 11.8 Å². The zero-order chi connectivity index (χ0) is 28.4. The van der Waals surface area contributed by atoms with Gasteiger partial charge in [-0.3, -0.25) is 9.59 Å². The molecule has 7 nitrogen and oxygen atoms in total. The fraction of sp³-hybridized carbons (Fsp3) is 0.441. The summed E-state index contributed by atoms with van der Waals surface area (Å²) in [5, 5.41) is 1.87. The van der Waals surface area contributed by atoms with E-state index < -0.39 is 0 Å². The monoisotopic (exact) mass is 552 g/mol. The van der Waals surface area contributed by atoms with E-state index in [0.29, 0.717) is 48.9 Å².